The molecule has 0 spiro atoms. The first-order valence-corrected chi connectivity index (χ1v) is 8.68. The topological polar surface area (TPSA) is 55.2 Å². The van der Waals surface area contributed by atoms with E-state index in [0.717, 1.165) is 11.1 Å². The van der Waals surface area contributed by atoms with Crippen LogP contribution in [0.15, 0.2) is 47.5 Å². The molecule has 0 fully saturated rings. The van der Waals surface area contributed by atoms with E-state index >= 15 is 0 Å². The van der Waals surface area contributed by atoms with Crippen molar-refractivity contribution in [2.24, 2.45) is 0 Å². The molecule has 1 amide bonds. The zero-order valence-corrected chi connectivity index (χ0v) is 15.7. The first-order valence-electron chi connectivity index (χ1n) is 8.30. The van der Waals surface area contributed by atoms with E-state index in [-0.39, 0.29) is 18.0 Å². The molecule has 3 aromatic rings. The molecule has 26 heavy (non-hydrogen) atoms. The lowest BCUT2D eigenvalue weighted by Crippen LogP contribution is -2.33. The van der Waals surface area contributed by atoms with E-state index in [9.17, 15) is 9.59 Å². The first-order chi connectivity index (χ1) is 12.3. The maximum absolute atomic E-state index is 12.6. The van der Waals surface area contributed by atoms with Gasteiger partial charge in [0.05, 0.1) is 17.2 Å². The van der Waals surface area contributed by atoms with Crippen LogP contribution in [0.25, 0.3) is 10.9 Å². The lowest BCUT2D eigenvalue weighted by molar-refractivity contribution is -0.131. The van der Waals surface area contributed by atoms with Crippen molar-refractivity contribution in [1.29, 1.82) is 0 Å². The van der Waals surface area contributed by atoms with Gasteiger partial charge in [-0.05, 0) is 43.2 Å². The van der Waals surface area contributed by atoms with Gasteiger partial charge in [0.15, 0.2) is 0 Å². The monoisotopic (exact) mass is 369 g/mol. The Hall–Kier alpha value is -2.66. The van der Waals surface area contributed by atoms with Gasteiger partial charge in [0, 0.05) is 18.6 Å². The Morgan fingerprint density at radius 1 is 1.19 bits per heavy atom. The number of amides is 1. The highest BCUT2D eigenvalue weighted by Crippen LogP contribution is 2.15. The molecule has 3 rings (SSSR count). The molecule has 0 saturated heterocycles. The standard InChI is InChI=1S/C20H20ClN3O2/c1-13-4-5-15(14(2)8-13)10-23(3)19(25)11-24-12-22-18-7-6-16(21)9-17(18)20(24)26/h4-9,12H,10-11H2,1-3H3. The van der Waals surface area contributed by atoms with E-state index in [1.165, 1.54) is 16.5 Å². The normalized spacial score (nSPS) is 10.9. The highest BCUT2D eigenvalue weighted by molar-refractivity contribution is 6.31. The van der Waals surface area contributed by atoms with E-state index in [4.69, 9.17) is 11.6 Å². The number of fused-ring (bicyclic) bond motifs is 1. The molecule has 0 aliphatic rings. The second-order valence-electron chi connectivity index (χ2n) is 6.52. The van der Waals surface area contributed by atoms with Gasteiger partial charge < -0.3 is 4.90 Å². The summed E-state index contributed by atoms with van der Waals surface area (Å²) in [5.41, 5.74) is 3.70. The van der Waals surface area contributed by atoms with Crippen LogP contribution >= 0.6 is 11.6 Å². The number of likely N-dealkylation sites (N-methyl/N-ethyl adjacent to an activating group) is 1. The molecule has 0 radical (unpaired) electrons. The summed E-state index contributed by atoms with van der Waals surface area (Å²) in [7, 11) is 1.73. The molecule has 5 nitrogen and oxygen atoms in total. The number of aromatic nitrogens is 2. The van der Waals surface area contributed by atoms with Crippen molar-refractivity contribution in [3.63, 3.8) is 0 Å². The Morgan fingerprint density at radius 3 is 2.69 bits per heavy atom. The van der Waals surface area contributed by atoms with Gasteiger partial charge in [-0.25, -0.2) is 4.98 Å². The highest BCUT2D eigenvalue weighted by Gasteiger charge is 2.13. The number of hydrogen-bond donors (Lipinski definition) is 0. The number of halogens is 1. The van der Waals surface area contributed by atoms with E-state index in [1.54, 1.807) is 30.1 Å². The SMILES string of the molecule is Cc1ccc(CN(C)C(=O)Cn2cnc3ccc(Cl)cc3c2=O)c(C)c1. The fourth-order valence-corrected chi connectivity index (χ4v) is 3.05. The fraction of sp³-hybridized carbons (Fsp3) is 0.250. The van der Waals surface area contributed by atoms with Crippen molar-refractivity contribution in [3.05, 3.63) is 74.8 Å². The number of benzene rings is 2. The minimum absolute atomic E-state index is 0.0598. The van der Waals surface area contributed by atoms with E-state index in [1.807, 2.05) is 26.0 Å². The number of rotatable bonds is 4. The smallest absolute Gasteiger partial charge is 0.261 e. The lowest BCUT2D eigenvalue weighted by atomic mass is 10.1. The van der Waals surface area contributed by atoms with Crippen molar-refractivity contribution in [2.75, 3.05) is 7.05 Å². The van der Waals surface area contributed by atoms with Crippen molar-refractivity contribution in [2.45, 2.75) is 26.9 Å². The summed E-state index contributed by atoms with van der Waals surface area (Å²) in [4.78, 5) is 31.0. The van der Waals surface area contributed by atoms with Crippen LogP contribution in [0.2, 0.25) is 5.02 Å². The number of hydrogen-bond acceptors (Lipinski definition) is 3. The Morgan fingerprint density at radius 2 is 1.96 bits per heavy atom. The quantitative estimate of drug-likeness (QED) is 0.708. The predicted molar refractivity (Wildman–Crippen MR) is 103 cm³/mol. The minimum atomic E-state index is -0.272. The second-order valence-corrected chi connectivity index (χ2v) is 6.96. The Kier molecular flexibility index (Phi) is 5.09. The molecule has 0 aliphatic carbocycles. The molecule has 1 aromatic heterocycles. The molecule has 2 aromatic carbocycles. The van der Waals surface area contributed by atoms with Crippen LogP contribution in [0.1, 0.15) is 16.7 Å². The average Bonchev–Trinajstić information content (AvgIpc) is 2.60. The highest BCUT2D eigenvalue weighted by atomic mass is 35.5. The summed E-state index contributed by atoms with van der Waals surface area (Å²) >= 11 is 5.96. The zero-order valence-electron chi connectivity index (χ0n) is 15.0. The van der Waals surface area contributed by atoms with Crippen LogP contribution < -0.4 is 5.56 Å². The summed E-state index contributed by atoms with van der Waals surface area (Å²) in [6.07, 6.45) is 1.40. The van der Waals surface area contributed by atoms with E-state index in [2.05, 4.69) is 11.1 Å². The van der Waals surface area contributed by atoms with Gasteiger partial charge in [0.25, 0.3) is 5.56 Å². The molecule has 0 N–H and O–H groups in total. The Balaban J connectivity index is 1.80. The van der Waals surface area contributed by atoms with Gasteiger partial charge >= 0.3 is 0 Å². The van der Waals surface area contributed by atoms with Crippen LogP contribution in [0.3, 0.4) is 0 Å². The van der Waals surface area contributed by atoms with Crippen LogP contribution in [-0.2, 0) is 17.9 Å². The van der Waals surface area contributed by atoms with Gasteiger partial charge in [-0.15, -0.1) is 0 Å². The van der Waals surface area contributed by atoms with Crippen LogP contribution in [0.4, 0.5) is 0 Å². The third-order valence-electron chi connectivity index (χ3n) is 4.42. The van der Waals surface area contributed by atoms with Gasteiger partial charge in [-0.2, -0.15) is 0 Å². The average molecular weight is 370 g/mol. The van der Waals surface area contributed by atoms with Gasteiger partial charge in [0.2, 0.25) is 5.91 Å². The second kappa shape index (κ2) is 7.30. The van der Waals surface area contributed by atoms with Crippen molar-refractivity contribution in [3.8, 4) is 0 Å². The summed E-state index contributed by atoms with van der Waals surface area (Å²) < 4.78 is 1.32. The van der Waals surface area contributed by atoms with Crippen LogP contribution in [0, 0.1) is 13.8 Å². The fourth-order valence-electron chi connectivity index (χ4n) is 2.88. The van der Waals surface area contributed by atoms with E-state index < -0.39 is 0 Å². The van der Waals surface area contributed by atoms with Crippen molar-refractivity contribution >= 4 is 28.4 Å². The minimum Gasteiger partial charge on any atom is -0.340 e. The van der Waals surface area contributed by atoms with Gasteiger partial charge in [0.1, 0.15) is 6.54 Å². The van der Waals surface area contributed by atoms with Gasteiger partial charge in [-0.1, -0.05) is 35.4 Å². The third-order valence-corrected chi connectivity index (χ3v) is 4.66. The summed E-state index contributed by atoms with van der Waals surface area (Å²) in [6.45, 7) is 4.50. The zero-order chi connectivity index (χ0) is 18.8. The molecular weight excluding hydrogens is 350 g/mol. The predicted octanol–water partition coefficient (Wildman–Crippen LogP) is 3.33. The summed E-state index contributed by atoms with van der Waals surface area (Å²) in [5, 5.41) is 0.872. The molecule has 0 aliphatic heterocycles. The molecule has 1 heterocycles. The largest absolute Gasteiger partial charge is 0.340 e. The molecule has 6 heteroatoms. The molecular formula is C20H20ClN3O2. The molecule has 0 bridgehead atoms. The summed E-state index contributed by atoms with van der Waals surface area (Å²) in [5.74, 6) is -0.157. The maximum atomic E-state index is 12.6. The molecule has 0 unspecified atom stereocenters. The number of carbonyl (C=O) groups excluding carboxylic acids is 1. The summed E-state index contributed by atoms with van der Waals surface area (Å²) in [6, 6.07) is 11.1. The number of nitrogens with zero attached hydrogens (tertiary/aromatic N) is 3. The third kappa shape index (κ3) is 3.78. The Labute approximate surface area is 156 Å². The van der Waals surface area contributed by atoms with Crippen LogP contribution in [-0.4, -0.2) is 27.4 Å². The molecule has 0 atom stereocenters. The maximum Gasteiger partial charge on any atom is 0.261 e. The molecule has 0 saturated carbocycles. The van der Waals surface area contributed by atoms with E-state index in [0.29, 0.717) is 22.5 Å². The molecule has 134 valence electrons. The number of aryl methyl sites for hydroxylation is 2. The van der Waals surface area contributed by atoms with Crippen LogP contribution in [0.5, 0.6) is 0 Å². The Bertz CT molecular complexity index is 1040. The van der Waals surface area contributed by atoms with Crippen molar-refractivity contribution in [1.82, 2.24) is 14.5 Å². The first kappa shape index (κ1) is 18.1. The lowest BCUT2D eigenvalue weighted by Gasteiger charge is -2.19. The number of carbonyl (C=O) groups is 1. The van der Waals surface area contributed by atoms with Gasteiger partial charge in [-0.3, -0.25) is 14.2 Å². The van der Waals surface area contributed by atoms with Crippen molar-refractivity contribution < 1.29 is 4.79 Å².